The molecule has 0 bridgehead atoms. The Bertz CT molecular complexity index is 777. The zero-order valence-corrected chi connectivity index (χ0v) is 12.6. The molecule has 3 rings (SSSR count). The van der Waals surface area contributed by atoms with Gasteiger partial charge >= 0.3 is 6.03 Å². The molecule has 0 radical (unpaired) electrons. The van der Waals surface area contributed by atoms with Gasteiger partial charge in [-0.25, -0.2) is 9.78 Å². The molecule has 2 heterocycles. The fraction of sp³-hybridized carbons (Fsp3) is 0.200. The van der Waals surface area contributed by atoms with Gasteiger partial charge in [0.15, 0.2) is 0 Å². The smallest absolute Gasteiger partial charge is 0.319 e. The fourth-order valence-corrected chi connectivity index (χ4v) is 2.96. The van der Waals surface area contributed by atoms with E-state index in [1.54, 1.807) is 11.3 Å². The third-order valence-electron chi connectivity index (χ3n) is 3.20. The number of aromatic nitrogens is 2. The Kier molecular flexibility index (Phi) is 3.62. The van der Waals surface area contributed by atoms with E-state index in [9.17, 15) is 4.79 Å². The van der Waals surface area contributed by atoms with Crippen molar-refractivity contribution in [1.82, 2.24) is 15.3 Å². The first kappa shape index (κ1) is 13.6. The summed E-state index contributed by atoms with van der Waals surface area (Å²) in [6.45, 7) is 3.93. The van der Waals surface area contributed by atoms with Crippen LogP contribution in [0.2, 0.25) is 0 Å². The molecule has 3 N–H and O–H groups in total. The molecule has 1 atom stereocenters. The Morgan fingerprint density at radius 2 is 2.24 bits per heavy atom. The standard InChI is InChI=1S/C15H16N4OS/c1-9-8-17-14(21-9)10(2)18-15(20)19-13-5-3-4-12-11(13)6-7-16-12/h3-8,10,16H,1-2H3,(H2,18,19,20)/t10-/m0/s1. The number of hydrogen-bond acceptors (Lipinski definition) is 3. The zero-order valence-electron chi connectivity index (χ0n) is 11.8. The lowest BCUT2D eigenvalue weighted by atomic mass is 10.2. The van der Waals surface area contributed by atoms with E-state index in [0.717, 1.165) is 26.5 Å². The van der Waals surface area contributed by atoms with Crippen molar-refractivity contribution in [3.63, 3.8) is 0 Å². The number of nitrogens with zero attached hydrogens (tertiary/aromatic N) is 1. The molecule has 1 aromatic carbocycles. The number of rotatable bonds is 3. The van der Waals surface area contributed by atoms with Gasteiger partial charge in [-0.15, -0.1) is 11.3 Å². The van der Waals surface area contributed by atoms with Crippen molar-refractivity contribution >= 4 is 34.0 Å². The molecule has 0 unspecified atom stereocenters. The number of fused-ring (bicyclic) bond motifs is 1. The highest BCUT2D eigenvalue weighted by molar-refractivity contribution is 7.11. The molecule has 2 amide bonds. The Balaban J connectivity index is 1.70. The molecule has 0 saturated heterocycles. The van der Waals surface area contributed by atoms with Crippen LogP contribution in [0.4, 0.5) is 10.5 Å². The minimum absolute atomic E-state index is 0.117. The number of carbonyl (C=O) groups excluding carboxylic acids is 1. The van der Waals surface area contributed by atoms with E-state index in [0.29, 0.717) is 0 Å². The first-order valence-electron chi connectivity index (χ1n) is 6.69. The second kappa shape index (κ2) is 5.57. The molecule has 3 aromatic rings. The summed E-state index contributed by atoms with van der Waals surface area (Å²) in [5.41, 5.74) is 1.78. The first-order valence-corrected chi connectivity index (χ1v) is 7.51. The van der Waals surface area contributed by atoms with Gasteiger partial charge in [-0.3, -0.25) is 0 Å². The molecule has 6 heteroatoms. The quantitative estimate of drug-likeness (QED) is 0.688. The van der Waals surface area contributed by atoms with Gasteiger partial charge in [0, 0.05) is 28.2 Å². The molecule has 0 spiro atoms. The van der Waals surface area contributed by atoms with E-state index in [2.05, 4.69) is 20.6 Å². The van der Waals surface area contributed by atoms with Crippen molar-refractivity contribution in [2.24, 2.45) is 0 Å². The third-order valence-corrected chi connectivity index (χ3v) is 4.30. The summed E-state index contributed by atoms with van der Waals surface area (Å²) in [5, 5.41) is 7.68. The van der Waals surface area contributed by atoms with Crippen molar-refractivity contribution in [1.29, 1.82) is 0 Å². The summed E-state index contributed by atoms with van der Waals surface area (Å²) in [4.78, 5) is 20.7. The Labute approximate surface area is 126 Å². The number of anilines is 1. The lowest BCUT2D eigenvalue weighted by Gasteiger charge is -2.13. The average Bonchev–Trinajstić information content (AvgIpc) is 3.07. The van der Waals surface area contributed by atoms with Gasteiger partial charge in [-0.05, 0) is 32.0 Å². The number of thiazole rings is 1. The van der Waals surface area contributed by atoms with E-state index in [4.69, 9.17) is 0 Å². The summed E-state index contributed by atoms with van der Waals surface area (Å²) in [6.07, 6.45) is 3.67. The number of amides is 2. The number of aryl methyl sites for hydroxylation is 1. The number of carbonyl (C=O) groups is 1. The molecule has 21 heavy (non-hydrogen) atoms. The summed E-state index contributed by atoms with van der Waals surface area (Å²) in [5.74, 6) is 0. The summed E-state index contributed by atoms with van der Waals surface area (Å²) < 4.78 is 0. The van der Waals surface area contributed by atoms with Crippen LogP contribution in [0.1, 0.15) is 22.9 Å². The maximum atomic E-state index is 12.1. The van der Waals surface area contributed by atoms with Gasteiger partial charge in [0.25, 0.3) is 0 Å². The summed E-state index contributed by atoms with van der Waals surface area (Å²) in [6, 6.07) is 7.35. The fourth-order valence-electron chi connectivity index (χ4n) is 2.18. The Hall–Kier alpha value is -2.34. The number of H-pyrrole nitrogens is 1. The second-order valence-electron chi connectivity index (χ2n) is 4.87. The Morgan fingerprint density at radius 1 is 1.38 bits per heavy atom. The number of urea groups is 1. The molecule has 0 fully saturated rings. The van der Waals surface area contributed by atoms with E-state index in [1.807, 2.05) is 50.5 Å². The van der Waals surface area contributed by atoms with Crippen molar-refractivity contribution in [3.05, 3.63) is 46.5 Å². The predicted molar refractivity (Wildman–Crippen MR) is 85.7 cm³/mol. The largest absolute Gasteiger partial charge is 0.361 e. The molecule has 2 aromatic heterocycles. The number of hydrogen-bond donors (Lipinski definition) is 3. The maximum absolute atomic E-state index is 12.1. The van der Waals surface area contributed by atoms with Gasteiger partial charge in [-0.2, -0.15) is 0 Å². The van der Waals surface area contributed by atoms with Crippen molar-refractivity contribution < 1.29 is 4.79 Å². The molecule has 0 saturated carbocycles. The van der Waals surface area contributed by atoms with Crippen molar-refractivity contribution in [2.45, 2.75) is 19.9 Å². The van der Waals surface area contributed by atoms with Crippen LogP contribution in [0.15, 0.2) is 36.7 Å². The van der Waals surface area contributed by atoms with Gasteiger partial charge < -0.3 is 15.6 Å². The van der Waals surface area contributed by atoms with Crippen LogP contribution in [0, 0.1) is 6.92 Å². The third kappa shape index (κ3) is 2.90. The minimum Gasteiger partial charge on any atom is -0.361 e. The Morgan fingerprint density at radius 3 is 3.00 bits per heavy atom. The van der Waals surface area contributed by atoms with E-state index >= 15 is 0 Å². The molecule has 0 aliphatic rings. The van der Waals surface area contributed by atoms with Crippen LogP contribution in [-0.4, -0.2) is 16.0 Å². The van der Waals surface area contributed by atoms with Gasteiger partial charge in [0.1, 0.15) is 5.01 Å². The van der Waals surface area contributed by atoms with Crippen LogP contribution in [0.25, 0.3) is 10.9 Å². The van der Waals surface area contributed by atoms with E-state index < -0.39 is 0 Å². The summed E-state index contributed by atoms with van der Waals surface area (Å²) in [7, 11) is 0. The van der Waals surface area contributed by atoms with Crippen LogP contribution in [0.3, 0.4) is 0 Å². The van der Waals surface area contributed by atoms with E-state index in [-0.39, 0.29) is 12.1 Å². The van der Waals surface area contributed by atoms with Crippen molar-refractivity contribution in [2.75, 3.05) is 5.32 Å². The highest BCUT2D eigenvalue weighted by Crippen LogP contribution is 2.23. The van der Waals surface area contributed by atoms with Crippen LogP contribution < -0.4 is 10.6 Å². The van der Waals surface area contributed by atoms with Gasteiger partial charge in [0.2, 0.25) is 0 Å². The lowest BCUT2D eigenvalue weighted by Crippen LogP contribution is -2.31. The number of benzene rings is 1. The number of aromatic amines is 1. The average molecular weight is 300 g/mol. The minimum atomic E-state index is -0.232. The monoisotopic (exact) mass is 300 g/mol. The predicted octanol–water partition coefficient (Wildman–Crippen LogP) is 3.82. The highest BCUT2D eigenvalue weighted by Gasteiger charge is 2.13. The topological polar surface area (TPSA) is 69.8 Å². The zero-order chi connectivity index (χ0) is 14.8. The summed E-state index contributed by atoms with van der Waals surface area (Å²) >= 11 is 1.59. The SMILES string of the molecule is Cc1cnc([C@H](C)NC(=O)Nc2cccc3[nH]ccc23)s1. The normalized spacial score (nSPS) is 12.3. The van der Waals surface area contributed by atoms with Crippen LogP contribution in [0.5, 0.6) is 0 Å². The molecule has 0 aliphatic carbocycles. The van der Waals surface area contributed by atoms with Crippen molar-refractivity contribution in [3.8, 4) is 0 Å². The molecular weight excluding hydrogens is 284 g/mol. The van der Waals surface area contributed by atoms with Gasteiger partial charge in [-0.1, -0.05) is 6.07 Å². The lowest BCUT2D eigenvalue weighted by molar-refractivity contribution is 0.249. The number of nitrogens with one attached hydrogen (secondary N) is 3. The van der Waals surface area contributed by atoms with E-state index in [1.165, 1.54) is 0 Å². The maximum Gasteiger partial charge on any atom is 0.319 e. The molecular formula is C15H16N4OS. The molecule has 108 valence electrons. The highest BCUT2D eigenvalue weighted by atomic mass is 32.1. The first-order chi connectivity index (χ1) is 10.1. The molecule has 5 nitrogen and oxygen atoms in total. The van der Waals surface area contributed by atoms with Crippen LogP contribution >= 0.6 is 11.3 Å². The van der Waals surface area contributed by atoms with Crippen LogP contribution in [-0.2, 0) is 0 Å². The second-order valence-corrected chi connectivity index (χ2v) is 6.14. The van der Waals surface area contributed by atoms with Gasteiger partial charge in [0.05, 0.1) is 11.7 Å². The molecule has 0 aliphatic heterocycles.